The predicted octanol–water partition coefficient (Wildman–Crippen LogP) is 3.80. The van der Waals surface area contributed by atoms with E-state index in [1.807, 2.05) is 18.2 Å². The normalized spacial score (nSPS) is 20.7. The van der Waals surface area contributed by atoms with E-state index in [2.05, 4.69) is 10.3 Å². The fourth-order valence-corrected chi connectivity index (χ4v) is 4.35. The number of H-pyrrole nitrogens is 1. The lowest BCUT2D eigenvalue weighted by atomic mass is 9.85. The molecule has 5 rings (SSSR count). The minimum atomic E-state index is -0.0769. The maximum Gasteiger partial charge on any atom is 0.251 e. The summed E-state index contributed by atoms with van der Waals surface area (Å²) < 4.78 is 16.4. The molecule has 2 aliphatic rings. The van der Waals surface area contributed by atoms with E-state index in [0.717, 1.165) is 48.3 Å². The minimum Gasteiger partial charge on any atom is -0.497 e. The first kappa shape index (κ1) is 18.8. The monoisotopic (exact) mass is 407 g/mol. The number of amides is 1. The van der Waals surface area contributed by atoms with Crippen LogP contribution in [0.4, 0.5) is 0 Å². The number of hydrogen-bond acceptors (Lipinski definition) is 5. The number of aromatic nitrogens is 2. The molecule has 2 N–H and O–H groups in total. The summed E-state index contributed by atoms with van der Waals surface area (Å²) in [4.78, 5) is 21.0. The number of rotatable bonds is 4. The van der Waals surface area contributed by atoms with Crippen LogP contribution in [0.25, 0.3) is 11.0 Å². The van der Waals surface area contributed by atoms with Gasteiger partial charge in [-0.2, -0.15) is 0 Å². The van der Waals surface area contributed by atoms with Crippen LogP contribution in [0.1, 0.15) is 47.8 Å². The summed E-state index contributed by atoms with van der Waals surface area (Å²) in [5, 5.41) is 3.20. The second-order valence-corrected chi connectivity index (χ2v) is 7.90. The second-order valence-electron chi connectivity index (χ2n) is 7.90. The molecular formula is C23H25N3O4. The summed E-state index contributed by atoms with van der Waals surface area (Å²) >= 11 is 0. The van der Waals surface area contributed by atoms with Gasteiger partial charge >= 0.3 is 0 Å². The number of carbonyl (C=O) groups excluding carboxylic acids is 1. The molecule has 0 unspecified atom stereocenters. The lowest BCUT2D eigenvalue weighted by Gasteiger charge is -2.29. The van der Waals surface area contributed by atoms with Crippen molar-refractivity contribution in [2.45, 2.75) is 37.6 Å². The highest BCUT2D eigenvalue weighted by atomic mass is 16.6. The van der Waals surface area contributed by atoms with Crippen LogP contribution >= 0.6 is 0 Å². The van der Waals surface area contributed by atoms with Crippen molar-refractivity contribution in [1.29, 1.82) is 0 Å². The molecule has 0 spiro atoms. The summed E-state index contributed by atoms with van der Waals surface area (Å²) in [5.74, 6) is 3.32. The number of hydrogen-bond donors (Lipinski definition) is 2. The van der Waals surface area contributed by atoms with E-state index < -0.39 is 0 Å². The first-order chi connectivity index (χ1) is 14.7. The highest BCUT2D eigenvalue weighted by Gasteiger charge is 2.27. The molecule has 1 fully saturated rings. The summed E-state index contributed by atoms with van der Waals surface area (Å²) in [6, 6.07) is 11.3. The Morgan fingerprint density at radius 1 is 1.13 bits per heavy atom. The zero-order valence-electron chi connectivity index (χ0n) is 16.9. The Bertz CT molecular complexity index is 1080. The number of methoxy groups -OCH3 is 1. The van der Waals surface area contributed by atoms with Gasteiger partial charge in [0.25, 0.3) is 5.91 Å². The van der Waals surface area contributed by atoms with Crippen molar-refractivity contribution in [1.82, 2.24) is 15.3 Å². The van der Waals surface area contributed by atoms with Crippen molar-refractivity contribution in [2.24, 2.45) is 0 Å². The number of nitrogens with zero attached hydrogens (tertiary/aromatic N) is 1. The minimum absolute atomic E-state index is 0.0769. The fourth-order valence-electron chi connectivity index (χ4n) is 4.35. The molecule has 7 heteroatoms. The lowest BCUT2D eigenvalue weighted by Crippen LogP contribution is -2.38. The predicted molar refractivity (Wildman–Crippen MR) is 113 cm³/mol. The van der Waals surface area contributed by atoms with Crippen LogP contribution in [0, 0.1) is 0 Å². The molecule has 1 amide bonds. The number of carbonyl (C=O) groups is 1. The van der Waals surface area contributed by atoms with Crippen molar-refractivity contribution in [3.8, 4) is 17.2 Å². The van der Waals surface area contributed by atoms with Crippen LogP contribution in [-0.4, -0.2) is 42.2 Å². The molecule has 7 nitrogen and oxygen atoms in total. The highest BCUT2D eigenvalue weighted by Crippen LogP contribution is 2.34. The van der Waals surface area contributed by atoms with E-state index in [-0.39, 0.29) is 11.9 Å². The molecule has 2 aromatic carbocycles. The molecule has 30 heavy (non-hydrogen) atoms. The molecule has 1 aliphatic carbocycles. The van der Waals surface area contributed by atoms with Crippen molar-refractivity contribution in [3.05, 3.63) is 47.8 Å². The largest absolute Gasteiger partial charge is 0.497 e. The summed E-state index contributed by atoms with van der Waals surface area (Å²) in [5.41, 5.74) is 2.51. The average Bonchev–Trinajstić information content (AvgIpc) is 3.22. The average molecular weight is 407 g/mol. The smallest absolute Gasteiger partial charge is 0.251 e. The molecule has 156 valence electrons. The van der Waals surface area contributed by atoms with Gasteiger partial charge in [-0.1, -0.05) is 6.42 Å². The summed E-state index contributed by atoms with van der Waals surface area (Å²) in [6.45, 7) is 1.04. The Morgan fingerprint density at radius 3 is 2.87 bits per heavy atom. The van der Waals surface area contributed by atoms with E-state index in [4.69, 9.17) is 19.2 Å². The van der Waals surface area contributed by atoms with Crippen LogP contribution in [0.5, 0.6) is 17.2 Å². The molecule has 1 aromatic heterocycles. The molecule has 2 atom stereocenters. The molecule has 3 aromatic rings. The van der Waals surface area contributed by atoms with Gasteiger partial charge < -0.3 is 24.5 Å². The van der Waals surface area contributed by atoms with E-state index >= 15 is 0 Å². The van der Waals surface area contributed by atoms with Gasteiger partial charge in [0.15, 0.2) is 11.5 Å². The van der Waals surface area contributed by atoms with Crippen LogP contribution in [0.15, 0.2) is 36.4 Å². The number of ether oxygens (including phenoxy) is 3. The number of fused-ring (bicyclic) bond motifs is 2. The lowest BCUT2D eigenvalue weighted by molar-refractivity contribution is 0.0923. The van der Waals surface area contributed by atoms with Crippen molar-refractivity contribution in [2.75, 3.05) is 20.3 Å². The Labute approximate surface area is 174 Å². The third-order valence-corrected chi connectivity index (χ3v) is 5.91. The van der Waals surface area contributed by atoms with E-state index in [9.17, 15) is 4.79 Å². The van der Waals surface area contributed by atoms with Gasteiger partial charge in [-0.3, -0.25) is 4.79 Å². The van der Waals surface area contributed by atoms with E-state index in [0.29, 0.717) is 36.2 Å². The molecule has 2 heterocycles. The Kier molecular flexibility index (Phi) is 4.94. The Balaban J connectivity index is 1.28. The fraction of sp³-hybridized carbons (Fsp3) is 0.391. The zero-order chi connectivity index (χ0) is 20.5. The number of imidazole rings is 1. The molecule has 0 saturated heterocycles. The quantitative estimate of drug-likeness (QED) is 0.687. The third kappa shape index (κ3) is 3.67. The molecule has 1 saturated carbocycles. The van der Waals surface area contributed by atoms with Gasteiger partial charge in [0.1, 0.15) is 24.8 Å². The third-order valence-electron chi connectivity index (χ3n) is 5.91. The first-order valence-electron chi connectivity index (χ1n) is 10.4. The Hall–Kier alpha value is -3.22. The van der Waals surface area contributed by atoms with Gasteiger partial charge in [0.2, 0.25) is 0 Å². The zero-order valence-corrected chi connectivity index (χ0v) is 16.9. The van der Waals surface area contributed by atoms with Crippen LogP contribution in [0.3, 0.4) is 0 Å². The van der Waals surface area contributed by atoms with Crippen molar-refractivity contribution in [3.63, 3.8) is 0 Å². The van der Waals surface area contributed by atoms with Gasteiger partial charge in [0.05, 0.1) is 18.1 Å². The SMILES string of the molecule is COc1ccc2[nH]c([C@@H]3CCC[C@H](NC(=O)c4ccc5c(c4)OCCO5)C3)nc2c1. The Morgan fingerprint density at radius 2 is 2.00 bits per heavy atom. The van der Waals surface area contributed by atoms with E-state index in [1.165, 1.54) is 0 Å². The van der Waals surface area contributed by atoms with Crippen LogP contribution in [0.2, 0.25) is 0 Å². The first-order valence-corrected chi connectivity index (χ1v) is 10.4. The summed E-state index contributed by atoms with van der Waals surface area (Å²) in [6.07, 6.45) is 3.96. The molecule has 0 radical (unpaired) electrons. The van der Waals surface area contributed by atoms with Gasteiger partial charge in [-0.15, -0.1) is 0 Å². The van der Waals surface area contributed by atoms with Crippen molar-refractivity contribution >= 4 is 16.9 Å². The maximum absolute atomic E-state index is 12.8. The van der Waals surface area contributed by atoms with Crippen LogP contribution in [-0.2, 0) is 0 Å². The number of benzene rings is 2. The highest BCUT2D eigenvalue weighted by molar-refractivity contribution is 5.95. The van der Waals surface area contributed by atoms with Gasteiger partial charge in [-0.25, -0.2) is 4.98 Å². The van der Waals surface area contributed by atoms with Crippen LogP contribution < -0.4 is 19.5 Å². The second kappa shape index (κ2) is 7.89. The number of nitrogens with one attached hydrogen (secondary N) is 2. The van der Waals surface area contributed by atoms with Gasteiger partial charge in [-0.05, 0) is 49.6 Å². The molecule has 0 bridgehead atoms. The molecule has 1 aliphatic heterocycles. The maximum atomic E-state index is 12.8. The number of aromatic amines is 1. The summed E-state index contributed by atoms with van der Waals surface area (Å²) in [7, 11) is 1.66. The van der Waals surface area contributed by atoms with E-state index in [1.54, 1.807) is 25.3 Å². The van der Waals surface area contributed by atoms with Gasteiger partial charge in [0, 0.05) is 23.6 Å². The van der Waals surface area contributed by atoms with Crippen molar-refractivity contribution < 1.29 is 19.0 Å². The molecular weight excluding hydrogens is 382 g/mol. The topological polar surface area (TPSA) is 85.5 Å². The standard InChI is InChI=1S/C23H25N3O4/c1-28-17-6-7-18-19(13-17)26-22(25-18)14-3-2-4-16(11-14)24-23(27)15-5-8-20-21(12-15)30-10-9-29-20/h5-8,12-14,16H,2-4,9-11H2,1H3,(H,24,27)(H,25,26)/t14-,16+/m1/s1.